The second-order valence-electron chi connectivity index (χ2n) is 6.43. The van der Waals surface area contributed by atoms with Crippen molar-refractivity contribution in [1.82, 2.24) is 9.97 Å². The number of hydrogen-bond acceptors (Lipinski definition) is 4. The van der Waals surface area contributed by atoms with Crippen LogP contribution in [0.5, 0.6) is 0 Å². The third-order valence-corrected chi connectivity index (χ3v) is 4.45. The van der Waals surface area contributed by atoms with Gasteiger partial charge in [0.2, 0.25) is 0 Å². The van der Waals surface area contributed by atoms with Crippen LogP contribution >= 0.6 is 0 Å². The summed E-state index contributed by atoms with van der Waals surface area (Å²) in [5.41, 5.74) is 0.719. The van der Waals surface area contributed by atoms with Gasteiger partial charge in [-0.15, -0.1) is 0 Å². The smallest absolute Gasteiger partial charge is 0.132 e. The summed E-state index contributed by atoms with van der Waals surface area (Å²) in [5.74, 6) is 2.25. The van der Waals surface area contributed by atoms with E-state index in [0.717, 1.165) is 23.0 Å². The molecule has 1 aliphatic carbocycles. The van der Waals surface area contributed by atoms with Gasteiger partial charge in [0.15, 0.2) is 0 Å². The maximum atomic E-state index is 13.6. The van der Waals surface area contributed by atoms with E-state index in [1.165, 1.54) is 38.2 Å². The molecule has 1 heterocycles. The van der Waals surface area contributed by atoms with Gasteiger partial charge < -0.3 is 10.6 Å². The third-order valence-electron chi connectivity index (χ3n) is 4.45. The summed E-state index contributed by atoms with van der Waals surface area (Å²) in [4.78, 5) is 8.91. The van der Waals surface area contributed by atoms with Crippen LogP contribution in [0.1, 0.15) is 43.5 Å². The number of nitrogens with zero attached hydrogens (tertiary/aromatic N) is 2. The first kappa shape index (κ1) is 16.7. The first-order valence-corrected chi connectivity index (χ1v) is 8.80. The highest BCUT2D eigenvalue weighted by Gasteiger charge is 2.14. The van der Waals surface area contributed by atoms with Crippen molar-refractivity contribution < 1.29 is 4.39 Å². The van der Waals surface area contributed by atoms with E-state index >= 15 is 0 Å². The zero-order valence-electron chi connectivity index (χ0n) is 14.2. The molecule has 128 valence electrons. The Morgan fingerprint density at radius 2 is 1.83 bits per heavy atom. The minimum Gasteiger partial charge on any atom is -0.370 e. The Morgan fingerprint density at radius 3 is 2.62 bits per heavy atom. The highest BCUT2D eigenvalue weighted by Crippen LogP contribution is 2.22. The summed E-state index contributed by atoms with van der Waals surface area (Å²) in [7, 11) is 0. The second kappa shape index (κ2) is 8.08. The molecule has 2 aromatic rings. The number of aryl methyl sites for hydroxylation is 1. The lowest BCUT2D eigenvalue weighted by atomic mass is 9.95. The Hall–Kier alpha value is -2.17. The largest absolute Gasteiger partial charge is 0.370 e. The van der Waals surface area contributed by atoms with Crippen LogP contribution in [-0.2, 0) is 6.42 Å². The number of benzene rings is 1. The van der Waals surface area contributed by atoms with Crippen LogP contribution in [0.2, 0.25) is 0 Å². The molecule has 2 N–H and O–H groups in total. The molecule has 0 radical (unpaired) electrons. The van der Waals surface area contributed by atoms with Crippen LogP contribution in [-0.4, -0.2) is 22.6 Å². The highest BCUT2D eigenvalue weighted by molar-refractivity contribution is 5.48. The normalized spacial score (nSPS) is 15.2. The van der Waals surface area contributed by atoms with E-state index in [0.29, 0.717) is 19.0 Å². The van der Waals surface area contributed by atoms with Gasteiger partial charge in [-0.25, -0.2) is 14.4 Å². The van der Waals surface area contributed by atoms with Gasteiger partial charge >= 0.3 is 0 Å². The lowest BCUT2D eigenvalue weighted by Gasteiger charge is -2.23. The standard InChI is InChI=1S/C19H25FN4/c1-14-22-18(21-12-11-15-7-5-6-10-17(15)20)13-19(23-14)24-16-8-3-2-4-9-16/h5-7,10,13,16H,2-4,8-9,11-12H2,1H3,(H2,21,22,23,24). The molecule has 0 unspecified atom stereocenters. The summed E-state index contributed by atoms with van der Waals surface area (Å²) in [6, 6.07) is 9.35. The summed E-state index contributed by atoms with van der Waals surface area (Å²) >= 11 is 0. The number of hydrogen-bond donors (Lipinski definition) is 2. The van der Waals surface area contributed by atoms with E-state index in [2.05, 4.69) is 20.6 Å². The fourth-order valence-corrected chi connectivity index (χ4v) is 3.21. The lowest BCUT2D eigenvalue weighted by molar-refractivity contribution is 0.462. The van der Waals surface area contributed by atoms with Gasteiger partial charge in [0.05, 0.1) is 0 Å². The van der Waals surface area contributed by atoms with Crippen LogP contribution in [0, 0.1) is 12.7 Å². The van der Waals surface area contributed by atoms with Crippen molar-refractivity contribution >= 4 is 11.6 Å². The monoisotopic (exact) mass is 328 g/mol. The van der Waals surface area contributed by atoms with E-state index < -0.39 is 0 Å². The molecule has 1 aromatic heterocycles. The van der Waals surface area contributed by atoms with Crippen LogP contribution in [0.3, 0.4) is 0 Å². The Morgan fingerprint density at radius 1 is 1.08 bits per heavy atom. The third kappa shape index (κ3) is 4.66. The molecular formula is C19H25FN4. The molecule has 3 rings (SSSR count). The molecule has 0 bridgehead atoms. The lowest BCUT2D eigenvalue weighted by Crippen LogP contribution is -2.23. The quantitative estimate of drug-likeness (QED) is 0.829. The summed E-state index contributed by atoms with van der Waals surface area (Å²) in [6.45, 7) is 2.54. The summed E-state index contributed by atoms with van der Waals surface area (Å²) in [6.07, 6.45) is 6.95. The molecule has 5 heteroatoms. The molecule has 0 saturated heterocycles. The molecule has 0 atom stereocenters. The average molecular weight is 328 g/mol. The minimum atomic E-state index is -0.155. The fraction of sp³-hybridized carbons (Fsp3) is 0.474. The van der Waals surface area contributed by atoms with E-state index in [-0.39, 0.29) is 5.82 Å². The van der Waals surface area contributed by atoms with E-state index in [1.807, 2.05) is 25.1 Å². The van der Waals surface area contributed by atoms with E-state index in [1.54, 1.807) is 6.07 Å². The van der Waals surface area contributed by atoms with Gasteiger partial charge in [-0.3, -0.25) is 0 Å². The van der Waals surface area contributed by atoms with Crippen molar-refractivity contribution in [2.75, 3.05) is 17.2 Å². The summed E-state index contributed by atoms with van der Waals surface area (Å²) < 4.78 is 13.6. The van der Waals surface area contributed by atoms with Crippen molar-refractivity contribution in [2.24, 2.45) is 0 Å². The zero-order chi connectivity index (χ0) is 16.8. The Kier molecular flexibility index (Phi) is 5.62. The Balaban J connectivity index is 1.58. The van der Waals surface area contributed by atoms with Crippen LogP contribution in [0.25, 0.3) is 0 Å². The second-order valence-corrected chi connectivity index (χ2v) is 6.43. The van der Waals surface area contributed by atoms with Crippen molar-refractivity contribution in [2.45, 2.75) is 51.5 Å². The number of rotatable bonds is 6. The molecule has 0 spiro atoms. The van der Waals surface area contributed by atoms with Crippen molar-refractivity contribution in [3.8, 4) is 0 Å². The Labute approximate surface area is 142 Å². The molecule has 1 aromatic carbocycles. The molecule has 4 nitrogen and oxygen atoms in total. The molecule has 24 heavy (non-hydrogen) atoms. The predicted octanol–water partition coefficient (Wildman–Crippen LogP) is 4.32. The van der Waals surface area contributed by atoms with Gasteiger partial charge in [0, 0.05) is 18.7 Å². The van der Waals surface area contributed by atoms with Crippen LogP contribution < -0.4 is 10.6 Å². The molecule has 1 saturated carbocycles. The number of anilines is 2. The number of nitrogens with one attached hydrogen (secondary N) is 2. The zero-order valence-corrected chi connectivity index (χ0v) is 14.2. The van der Waals surface area contributed by atoms with Crippen LogP contribution in [0.4, 0.5) is 16.0 Å². The van der Waals surface area contributed by atoms with Crippen molar-refractivity contribution in [1.29, 1.82) is 0 Å². The van der Waals surface area contributed by atoms with Crippen molar-refractivity contribution in [3.05, 3.63) is 47.5 Å². The molecule has 1 fully saturated rings. The van der Waals surface area contributed by atoms with Gasteiger partial charge in [0.1, 0.15) is 23.3 Å². The number of aromatic nitrogens is 2. The van der Waals surface area contributed by atoms with Gasteiger partial charge in [-0.2, -0.15) is 0 Å². The topological polar surface area (TPSA) is 49.8 Å². The Bertz CT molecular complexity index is 668. The molecule has 0 amide bonds. The fourth-order valence-electron chi connectivity index (χ4n) is 3.21. The van der Waals surface area contributed by atoms with Gasteiger partial charge in [-0.1, -0.05) is 37.5 Å². The molecular weight excluding hydrogens is 303 g/mol. The minimum absolute atomic E-state index is 0.155. The SMILES string of the molecule is Cc1nc(NCCc2ccccc2F)cc(NC2CCCCC2)n1. The van der Waals surface area contributed by atoms with Crippen molar-refractivity contribution in [3.63, 3.8) is 0 Å². The van der Waals surface area contributed by atoms with Crippen LogP contribution in [0.15, 0.2) is 30.3 Å². The number of halogens is 1. The molecule has 1 aliphatic rings. The predicted molar refractivity (Wildman–Crippen MR) is 95.9 cm³/mol. The average Bonchev–Trinajstić information content (AvgIpc) is 2.57. The highest BCUT2D eigenvalue weighted by atomic mass is 19.1. The molecule has 0 aliphatic heterocycles. The van der Waals surface area contributed by atoms with E-state index in [9.17, 15) is 4.39 Å². The maximum absolute atomic E-state index is 13.6. The first-order chi connectivity index (χ1) is 11.7. The van der Waals surface area contributed by atoms with Gasteiger partial charge in [-0.05, 0) is 37.8 Å². The van der Waals surface area contributed by atoms with E-state index in [4.69, 9.17) is 0 Å². The first-order valence-electron chi connectivity index (χ1n) is 8.80. The summed E-state index contributed by atoms with van der Waals surface area (Å²) in [5, 5.41) is 6.81. The van der Waals surface area contributed by atoms with Gasteiger partial charge in [0.25, 0.3) is 0 Å². The maximum Gasteiger partial charge on any atom is 0.132 e.